The van der Waals surface area contributed by atoms with Crippen molar-refractivity contribution in [1.82, 2.24) is 4.98 Å². The number of rotatable bonds is 5. The Kier molecular flexibility index (Phi) is 4.50. The molecular formula is C22H16N2O4S. The molecule has 0 saturated heterocycles. The Balaban J connectivity index is 1.25. The van der Waals surface area contributed by atoms with Gasteiger partial charge in [0.05, 0.1) is 5.69 Å². The fraction of sp³-hybridized carbons (Fsp3) is 0.0909. The minimum Gasteiger partial charge on any atom is -0.483 e. The third-order valence-electron chi connectivity index (χ3n) is 4.53. The molecule has 0 saturated carbocycles. The second-order valence-corrected chi connectivity index (χ2v) is 7.28. The molecule has 6 nitrogen and oxygen atoms in total. The van der Waals surface area contributed by atoms with E-state index < -0.39 is 0 Å². The zero-order chi connectivity index (χ0) is 19.6. The summed E-state index contributed by atoms with van der Waals surface area (Å²) in [6.07, 6.45) is 0. The van der Waals surface area contributed by atoms with E-state index in [1.54, 1.807) is 0 Å². The molecule has 4 aromatic rings. The van der Waals surface area contributed by atoms with Crippen LogP contribution in [0.4, 0.5) is 5.13 Å². The van der Waals surface area contributed by atoms with Crippen molar-refractivity contribution in [3.8, 4) is 28.5 Å². The summed E-state index contributed by atoms with van der Waals surface area (Å²) in [6, 6.07) is 19.3. The second kappa shape index (κ2) is 7.44. The molecule has 3 aromatic carbocycles. The zero-order valence-corrected chi connectivity index (χ0v) is 16.1. The number of benzene rings is 3. The fourth-order valence-electron chi connectivity index (χ4n) is 3.14. The molecule has 5 rings (SSSR count). The van der Waals surface area contributed by atoms with Gasteiger partial charge in [-0.1, -0.05) is 36.4 Å². The first-order valence-electron chi connectivity index (χ1n) is 9.02. The lowest BCUT2D eigenvalue weighted by Crippen LogP contribution is -2.20. The normalized spacial score (nSPS) is 12.1. The van der Waals surface area contributed by atoms with Gasteiger partial charge >= 0.3 is 0 Å². The summed E-state index contributed by atoms with van der Waals surface area (Å²) in [5, 5.41) is 7.24. The van der Waals surface area contributed by atoms with Crippen molar-refractivity contribution < 1.29 is 19.0 Å². The number of ether oxygens (including phenoxy) is 3. The Morgan fingerprint density at radius 2 is 1.93 bits per heavy atom. The van der Waals surface area contributed by atoms with Crippen molar-refractivity contribution >= 4 is 33.1 Å². The molecule has 1 aromatic heterocycles. The highest BCUT2D eigenvalue weighted by Crippen LogP contribution is 2.36. The molecule has 0 bridgehead atoms. The van der Waals surface area contributed by atoms with Crippen LogP contribution < -0.4 is 19.5 Å². The average molecular weight is 404 g/mol. The van der Waals surface area contributed by atoms with E-state index in [9.17, 15) is 4.79 Å². The van der Waals surface area contributed by atoms with Crippen molar-refractivity contribution in [2.24, 2.45) is 0 Å². The molecule has 0 unspecified atom stereocenters. The van der Waals surface area contributed by atoms with Crippen LogP contribution in [0.15, 0.2) is 66.0 Å². The first kappa shape index (κ1) is 17.5. The highest BCUT2D eigenvalue weighted by Gasteiger charge is 2.15. The van der Waals surface area contributed by atoms with Crippen molar-refractivity contribution in [3.63, 3.8) is 0 Å². The number of fused-ring (bicyclic) bond motifs is 2. The van der Waals surface area contributed by atoms with Gasteiger partial charge in [0.1, 0.15) is 5.75 Å². The Bertz CT molecular complexity index is 1200. The third-order valence-corrected chi connectivity index (χ3v) is 5.28. The van der Waals surface area contributed by atoms with Gasteiger partial charge in [-0.15, -0.1) is 11.3 Å². The number of hydrogen-bond acceptors (Lipinski definition) is 6. The summed E-state index contributed by atoms with van der Waals surface area (Å²) in [5.74, 6) is 1.84. The van der Waals surface area contributed by atoms with Crippen LogP contribution in [0.25, 0.3) is 22.0 Å². The minimum atomic E-state index is -0.260. The molecule has 0 spiro atoms. The number of carbonyl (C=O) groups is 1. The van der Waals surface area contributed by atoms with Gasteiger partial charge in [0.15, 0.2) is 23.2 Å². The fourth-order valence-corrected chi connectivity index (χ4v) is 3.88. The van der Waals surface area contributed by atoms with Crippen LogP contribution >= 0.6 is 11.3 Å². The van der Waals surface area contributed by atoms with Gasteiger partial charge in [-0.05, 0) is 29.7 Å². The summed E-state index contributed by atoms with van der Waals surface area (Å²) in [4.78, 5) is 16.8. The highest BCUT2D eigenvalue weighted by atomic mass is 32.1. The lowest BCUT2D eigenvalue weighted by molar-refractivity contribution is -0.118. The van der Waals surface area contributed by atoms with Crippen molar-refractivity contribution in [3.05, 3.63) is 66.0 Å². The van der Waals surface area contributed by atoms with E-state index >= 15 is 0 Å². The van der Waals surface area contributed by atoms with E-state index in [4.69, 9.17) is 14.2 Å². The van der Waals surface area contributed by atoms with E-state index in [1.807, 2.05) is 66.0 Å². The summed E-state index contributed by atoms with van der Waals surface area (Å²) in [7, 11) is 0. The molecule has 1 amide bonds. The third kappa shape index (κ3) is 3.60. The molecule has 0 atom stereocenters. The van der Waals surface area contributed by atoms with Crippen LogP contribution in [-0.4, -0.2) is 24.3 Å². The largest absolute Gasteiger partial charge is 0.483 e. The number of anilines is 1. The standard InChI is InChI=1S/C22H16N2O4S/c25-21(11-26-18-7-3-5-14-4-1-2-6-16(14)18)24-22-23-17(12-29-22)15-8-9-19-20(10-15)28-13-27-19/h1-10,12H,11,13H2,(H,23,24,25). The van der Waals surface area contributed by atoms with E-state index in [-0.39, 0.29) is 19.3 Å². The maximum absolute atomic E-state index is 12.3. The second-order valence-electron chi connectivity index (χ2n) is 6.42. The summed E-state index contributed by atoms with van der Waals surface area (Å²) >= 11 is 1.36. The van der Waals surface area contributed by atoms with Crippen LogP contribution in [0.3, 0.4) is 0 Å². The van der Waals surface area contributed by atoms with Gasteiger partial charge in [0.2, 0.25) is 6.79 Å². The van der Waals surface area contributed by atoms with Gasteiger partial charge in [0.25, 0.3) is 5.91 Å². The molecular weight excluding hydrogens is 388 g/mol. The monoisotopic (exact) mass is 404 g/mol. The van der Waals surface area contributed by atoms with E-state index in [0.717, 1.165) is 27.8 Å². The van der Waals surface area contributed by atoms with Gasteiger partial charge in [-0.25, -0.2) is 4.98 Å². The average Bonchev–Trinajstić information content (AvgIpc) is 3.41. The minimum absolute atomic E-state index is 0.0903. The van der Waals surface area contributed by atoms with E-state index in [0.29, 0.717) is 16.6 Å². The number of aromatic nitrogens is 1. The van der Waals surface area contributed by atoms with Crippen molar-refractivity contribution in [2.45, 2.75) is 0 Å². The molecule has 7 heteroatoms. The first-order valence-corrected chi connectivity index (χ1v) is 9.90. The van der Waals surface area contributed by atoms with Crippen LogP contribution in [0, 0.1) is 0 Å². The molecule has 0 aliphatic carbocycles. The molecule has 0 radical (unpaired) electrons. The van der Waals surface area contributed by atoms with Crippen LogP contribution in [-0.2, 0) is 4.79 Å². The Labute approximate surface area is 170 Å². The summed E-state index contributed by atoms with van der Waals surface area (Å²) in [5.41, 5.74) is 1.66. The summed E-state index contributed by atoms with van der Waals surface area (Å²) < 4.78 is 16.5. The molecule has 1 N–H and O–H groups in total. The molecule has 144 valence electrons. The van der Waals surface area contributed by atoms with Gasteiger partial charge in [-0.3, -0.25) is 10.1 Å². The lowest BCUT2D eigenvalue weighted by atomic mass is 10.1. The maximum atomic E-state index is 12.3. The first-order chi connectivity index (χ1) is 14.3. The molecule has 1 aliphatic rings. The van der Waals surface area contributed by atoms with E-state index in [2.05, 4.69) is 10.3 Å². The number of hydrogen-bond donors (Lipinski definition) is 1. The molecule has 0 fully saturated rings. The van der Waals surface area contributed by atoms with Gasteiger partial charge < -0.3 is 14.2 Å². The lowest BCUT2D eigenvalue weighted by Gasteiger charge is -2.08. The van der Waals surface area contributed by atoms with Crippen molar-refractivity contribution in [1.29, 1.82) is 0 Å². The topological polar surface area (TPSA) is 69.7 Å². The molecule has 2 heterocycles. The summed E-state index contributed by atoms with van der Waals surface area (Å²) in [6.45, 7) is 0.140. The highest BCUT2D eigenvalue weighted by molar-refractivity contribution is 7.14. The van der Waals surface area contributed by atoms with Crippen LogP contribution in [0.1, 0.15) is 0 Å². The van der Waals surface area contributed by atoms with Crippen LogP contribution in [0.5, 0.6) is 17.2 Å². The Morgan fingerprint density at radius 1 is 1.07 bits per heavy atom. The quantitative estimate of drug-likeness (QED) is 0.522. The number of nitrogens with zero attached hydrogens (tertiary/aromatic N) is 1. The van der Waals surface area contributed by atoms with E-state index in [1.165, 1.54) is 11.3 Å². The smallest absolute Gasteiger partial charge is 0.264 e. The number of amides is 1. The number of thiazole rings is 1. The Hall–Kier alpha value is -3.58. The predicted octanol–water partition coefficient (Wildman–Crippen LogP) is 4.71. The molecule has 29 heavy (non-hydrogen) atoms. The number of carbonyl (C=O) groups excluding carboxylic acids is 1. The van der Waals surface area contributed by atoms with Crippen molar-refractivity contribution in [2.75, 3.05) is 18.7 Å². The number of nitrogens with one attached hydrogen (secondary N) is 1. The SMILES string of the molecule is O=C(COc1cccc2ccccc12)Nc1nc(-c2ccc3c(c2)OCO3)cs1. The predicted molar refractivity (Wildman–Crippen MR) is 112 cm³/mol. The molecule has 1 aliphatic heterocycles. The van der Waals surface area contributed by atoms with Gasteiger partial charge in [0, 0.05) is 16.3 Å². The zero-order valence-electron chi connectivity index (χ0n) is 15.3. The maximum Gasteiger partial charge on any atom is 0.264 e. The Morgan fingerprint density at radius 3 is 2.90 bits per heavy atom. The van der Waals surface area contributed by atoms with Gasteiger partial charge in [-0.2, -0.15) is 0 Å². The van der Waals surface area contributed by atoms with Crippen LogP contribution in [0.2, 0.25) is 0 Å².